The molecule has 15 heavy (non-hydrogen) atoms. The summed E-state index contributed by atoms with van der Waals surface area (Å²) in [5, 5.41) is 0. The van der Waals surface area contributed by atoms with Gasteiger partial charge in [0, 0.05) is 13.0 Å². The number of alkyl halides is 2. The van der Waals surface area contributed by atoms with E-state index < -0.39 is 12.5 Å². The van der Waals surface area contributed by atoms with Gasteiger partial charge in [0.1, 0.15) is 0 Å². The molecule has 0 radical (unpaired) electrons. The van der Waals surface area contributed by atoms with Gasteiger partial charge in [0.15, 0.2) is 0 Å². The van der Waals surface area contributed by atoms with Crippen molar-refractivity contribution in [3.8, 4) is 0 Å². The van der Waals surface area contributed by atoms with Crippen LogP contribution in [-0.2, 0) is 0 Å². The largest absolute Gasteiger partial charge is 0.332 e. The fourth-order valence-corrected chi connectivity index (χ4v) is 2.51. The van der Waals surface area contributed by atoms with E-state index in [1.165, 1.54) is 4.90 Å². The standard InChI is InChI=1S/C9H8ClF2NOS/c10-7-2-1-6(15-7)8(14)13-4-3-9(11,12)5-13/h1-2H,3-5H2. The lowest BCUT2D eigenvalue weighted by molar-refractivity contribution is 0.0121. The van der Waals surface area contributed by atoms with Gasteiger partial charge in [0.25, 0.3) is 11.8 Å². The van der Waals surface area contributed by atoms with Crippen LogP contribution < -0.4 is 0 Å². The lowest BCUT2D eigenvalue weighted by Gasteiger charge is -2.14. The number of hydrogen-bond acceptors (Lipinski definition) is 2. The molecule has 0 unspecified atom stereocenters. The van der Waals surface area contributed by atoms with E-state index in [0.717, 1.165) is 11.3 Å². The molecule has 0 saturated carbocycles. The first kappa shape index (κ1) is 10.8. The molecule has 1 aliphatic rings. The van der Waals surface area contributed by atoms with Crippen molar-refractivity contribution in [3.63, 3.8) is 0 Å². The normalized spacial score (nSPS) is 19.5. The second-order valence-corrected chi connectivity index (χ2v) is 5.15. The second kappa shape index (κ2) is 3.72. The highest BCUT2D eigenvalue weighted by Crippen LogP contribution is 2.30. The Morgan fingerprint density at radius 1 is 1.53 bits per heavy atom. The molecule has 2 heterocycles. The highest BCUT2D eigenvalue weighted by atomic mass is 35.5. The maximum Gasteiger partial charge on any atom is 0.267 e. The number of likely N-dealkylation sites (tertiary alicyclic amines) is 1. The number of hydrogen-bond donors (Lipinski definition) is 0. The molecule has 0 bridgehead atoms. The zero-order valence-corrected chi connectivity index (χ0v) is 9.25. The van der Waals surface area contributed by atoms with Crippen molar-refractivity contribution >= 4 is 28.8 Å². The quantitative estimate of drug-likeness (QED) is 0.752. The number of thiophene rings is 1. The van der Waals surface area contributed by atoms with Crippen LogP contribution in [0, 0.1) is 0 Å². The minimum absolute atomic E-state index is 0.112. The van der Waals surface area contributed by atoms with Crippen molar-refractivity contribution in [1.29, 1.82) is 0 Å². The molecule has 6 heteroatoms. The first-order valence-corrected chi connectivity index (χ1v) is 5.60. The van der Waals surface area contributed by atoms with Crippen LogP contribution in [-0.4, -0.2) is 29.8 Å². The molecular formula is C9H8ClF2NOS. The average Bonchev–Trinajstić information content (AvgIpc) is 2.71. The van der Waals surface area contributed by atoms with Crippen molar-refractivity contribution in [3.05, 3.63) is 21.3 Å². The molecule has 1 aromatic heterocycles. The van der Waals surface area contributed by atoms with Crippen LogP contribution in [0.5, 0.6) is 0 Å². The maximum absolute atomic E-state index is 12.9. The van der Waals surface area contributed by atoms with Crippen LogP contribution in [0.3, 0.4) is 0 Å². The topological polar surface area (TPSA) is 20.3 Å². The van der Waals surface area contributed by atoms with E-state index in [1.54, 1.807) is 12.1 Å². The molecular weight excluding hydrogens is 244 g/mol. The van der Waals surface area contributed by atoms with Crippen LogP contribution in [0.2, 0.25) is 4.34 Å². The van der Waals surface area contributed by atoms with Crippen molar-refractivity contribution in [2.45, 2.75) is 12.3 Å². The third-order valence-electron chi connectivity index (χ3n) is 2.24. The van der Waals surface area contributed by atoms with Gasteiger partial charge < -0.3 is 4.90 Å². The minimum Gasteiger partial charge on any atom is -0.332 e. The van der Waals surface area contributed by atoms with E-state index in [-0.39, 0.29) is 18.9 Å². The van der Waals surface area contributed by atoms with Gasteiger partial charge >= 0.3 is 0 Å². The Labute approximate surface area is 94.4 Å². The lowest BCUT2D eigenvalue weighted by Crippen LogP contribution is -2.30. The maximum atomic E-state index is 12.9. The number of amides is 1. The minimum atomic E-state index is -2.74. The third kappa shape index (κ3) is 2.29. The van der Waals surface area contributed by atoms with Gasteiger partial charge in [0.05, 0.1) is 15.8 Å². The Balaban J connectivity index is 2.10. The van der Waals surface area contributed by atoms with Gasteiger partial charge in [-0.3, -0.25) is 4.79 Å². The molecule has 82 valence electrons. The molecule has 1 amide bonds. The molecule has 1 fully saturated rings. The van der Waals surface area contributed by atoms with Gasteiger partial charge in [-0.15, -0.1) is 11.3 Å². The molecule has 0 aliphatic carbocycles. The Morgan fingerprint density at radius 2 is 2.27 bits per heavy atom. The predicted octanol–water partition coefficient (Wildman–Crippen LogP) is 2.88. The van der Waals surface area contributed by atoms with Gasteiger partial charge in [-0.1, -0.05) is 11.6 Å². The summed E-state index contributed by atoms with van der Waals surface area (Å²) in [5.74, 6) is -3.10. The van der Waals surface area contributed by atoms with Gasteiger partial charge in [0.2, 0.25) is 0 Å². The summed E-state index contributed by atoms with van der Waals surface area (Å²) in [6, 6.07) is 3.15. The molecule has 2 nitrogen and oxygen atoms in total. The highest BCUT2D eigenvalue weighted by molar-refractivity contribution is 7.17. The molecule has 2 rings (SSSR count). The highest BCUT2D eigenvalue weighted by Gasteiger charge is 2.40. The molecule has 0 atom stereocenters. The molecule has 1 aliphatic heterocycles. The Morgan fingerprint density at radius 3 is 2.73 bits per heavy atom. The van der Waals surface area contributed by atoms with Crippen molar-refractivity contribution in [2.24, 2.45) is 0 Å². The fraction of sp³-hybridized carbons (Fsp3) is 0.444. The summed E-state index contributed by atoms with van der Waals surface area (Å²) in [6.07, 6.45) is -0.252. The van der Waals surface area contributed by atoms with E-state index in [9.17, 15) is 13.6 Å². The smallest absolute Gasteiger partial charge is 0.267 e. The zero-order valence-electron chi connectivity index (χ0n) is 7.67. The third-order valence-corrected chi connectivity index (χ3v) is 3.46. The molecule has 0 spiro atoms. The van der Waals surface area contributed by atoms with Crippen LogP contribution in [0.15, 0.2) is 12.1 Å². The Kier molecular flexibility index (Phi) is 2.68. The summed E-state index contributed by atoms with van der Waals surface area (Å²) in [7, 11) is 0. The summed E-state index contributed by atoms with van der Waals surface area (Å²) in [4.78, 5) is 13.3. The van der Waals surface area contributed by atoms with Crippen LogP contribution in [0.25, 0.3) is 0 Å². The summed E-state index contributed by atoms with van der Waals surface area (Å²) < 4.78 is 26.2. The molecule has 1 saturated heterocycles. The number of carbonyl (C=O) groups excluding carboxylic acids is 1. The van der Waals surface area contributed by atoms with Crippen molar-refractivity contribution in [2.75, 3.05) is 13.1 Å². The molecule has 0 aromatic carbocycles. The lowest BCUT2D eigenvalue weighted by atomic mass is 10.3. The molecule has 1 aromatic rings. The molecule has 0 N–H and O–H groups in total. The second-order valence-electron chi connectivity index (χ2n) is 3.44. The first-order valence-electron chi connectivity index (χ1n) is 4.40. The van der Waals surface area contributed by atoms with Crippen LogP contribution in [0.1, 0.15) is 16.1 Å². The van der Waals surface area contributed by atoms with Gasteiger partial charge in [-0.05, 0) is 12.1 Å². The first-order chi connectivity index (χ1) is 6.98. The van der Waals surface area contributed by atoms with Gasteiger partial charge in [-0.25, -0.2) is 8.78 Å². The number of carbonyl (C=O) groups is 1. The van der Waals surface area contributed by atoms with E-state index in [0.29, 0.717) is 9.21 Å². The van der Waals surface area contributed by atoms with Crippen molar-refractivity contribution < 1.29 is 13.6 Å². The summed E-state index contributed by atoms with van der Waals surface area (Å²) in [6.45, 7) is -0.372. The monoisotopic (exact) mass is 251 g/mol. The summed E-state index contributed by atoms with van der Waals surface area (Å²) >= 11 is 6.78. The van der Waals surface area contributed by atoms with Crippen LogP contribution in [0.4, 0.5) is 8.78 Å². The number of nitrogens with zero attached hydrogens (tertiary/aromatic N) is 1. The zero-order chi connectivity index (χ0) is 11.1. The average molecular weight is 252 g/mol. The number of halogens is 3. The van der Waals surface area contributed by atoms with Crippen LogP contribution >= 0.6 is 22.9 Å². The van der Waals surface area contributed by atoms with E-state index in [4.69, 9.17) is 11.6 Å². The predicted molar refractivity (Wildman–Crippen MR) is 54.8 cm³/mol. The van der Waals surface area contributed by atoms with Gasteiger partial charge in [-0.2, -0.15) is 0 Å². The van der Waals surface area contributed by atoms with Crippen molar-refractivity contribution in [1.82, 2.24) is 4.90 Å². The number of rotatable bonds is 1. The van der Waals surface area contributed by atoms with E-state index >= 15 is 0 Å². The Hall–Kier alpha value is -0.680. The van der Waals surface area contributed by atoms with E-state index in [1.807, 2.05) is 0 Å². The summed E-state index contributed by atoms with van der Waals surface area (Å²) in [5.41, 5.74) is 0. The Bertz CT molecular complexity index is 393. The van der Waals surface area contributed by atoms with E-state index in [2.05, 4.69) is 0 Å². The fourth-order valence-electron chi connectivity index (χ4n) is 1.49. The SMILES string of the molecule is O=C(c1ccc(Cl)s1)N1CCC(F)(F)C1.